The molecule has 3 rings (SSSR count). The summed E-state index contributed by atoms with van der Waals surface area (Å²) in [7, 11) is 0. The van der Waals surface area contributed by atoms with Gasteiger partial charge in [-0.05, 0) is 37.8 Å². The zero-order valence-corrected chi connectivity index (χ0v) is 13.9. The monoisotopic (exact) mass is 337 g/mol. The number of hydrogen-bond acceptors (Lipinski definition) is 3. The molecule has 0 bridgehead atoms. The minimum Gasteiger partial charge on any atom is -0.344 e. The van der Waals surface area contributed by atoms with Gasteiger partial charge in [0.15, 0.2) is 0 Å². The summed E-state index contributed by atoms with van der Waals surface area (Å²) in [4.78, 5) is 26.6. The summed E-state index contributed by atoms with van der Waals surface area (Å²) in [5.41, 5.74) is 6.83. The fourth-order valence-electron chi connectivity index (χ4n) is 3.43. The minimum atomic E-state index is -0.397. The summed E-state index contributed by atoms with van der Waals surface area (Å²) in [5, 5.41) is 2.93. The van der Waals surface area contributed by atoms with Crippen LogP contribution in [0.3, 0.4) is 0 Å². The molecule has 0 spiro atoms. The number of nitrogens with two attached hydrogens (primary N) is 1. The SMILES string of the molecule is Cl.NC1CCCC(C(=O)NC2CCN(c3ccccc3)C2=O)C1. The molecular weight excluding hydrogens is 314 g/mol. The molecule has 0 aromatic heterocycles. The topological polar surface area (TPSA) is 75.4 Å². The first kappa shape index (κ1) is 17.8. The average Bonchev–Trinajstić information content (AvgIpc) is 2.89. The lowest BCUT2D eigenvalue weighted by Gasteiger charge is -2.26. The Kier molecular flexibility index (Phi) is 6.02. The van der Waals surface area contributed by atoms with Crippen molar-refractivity contribution >= 4 is 29.9 Å². The van der Waals surface area contributed by atoms with Crippen molar-refractivity contribution < 1.29 is 9.59 Å². The van der Waals surface area contributed by atoms with Crippen LogP contribution in [0.4, 0.5) is 5.69 Å². The van der Waals surface area contributed by atoms with E-state index in [-0.39, 0.29) is 36.2 Å². The fourth-order valence-corrected chi connectivity index (χ4v) is 3.43. The van der Waals surface area contributed by atoms with Gasteiger partial charge in [0.05, 0.1) is 0 Å². The second kappa shape index (κ2) is 7.79. The molecule has 2 fully saturated rings. The van der Waals surface area contributed by atoms with Gasteiger partial charge in [0.25, 0.3) is 0 Å². The molecule has 1 aliphatic heterocycles. The Labute approximate surface area is 143 Å². The number of benzene rings is 1. The molecule has 2 amide bonds. The van der Waals surface area contributed by atoms with Crippen LogP contribution >= 0.6 is 12.4 Å². The van der Waals surface area contributed by atoms with Crippen LogP contribution in [0.2, 0.25) is 0 Å². The number of carbonyl (C=O) groups is 2. The number of nitrogens with zero attached hydrogens (tertiary/aromatic N) is 1. The van der Waals surface area contributed by atoms with E-state index in [0.29, 0.717) is 13.0 Å². The Balaban J connectivity index is 0.00000192. The van der Waals surface area contributed by atoms with Crippen LogP contribution < -0.4 is 16.0 Å². The normalized spacial score (nSPS) is 27.4. The largest absolute Gasteiger partial charge is 0.344 e. The second-order valence-corrected chi connectivity index (χ2v) is 6.30. The Bertz CT molecular complexity index is 552. The molecule has 1 heterocycles. The van der Waals surface area contributed by atoms with Crippen LogP contribution in [0.15, 0.2) is 30.3 Å². The molecule has 1 saturated carbocycles. The standard InChI is InChI=1S/C17H23N3O2.ClH/c18-13-6-4-5-12(11-13)16(21)19-15-9-10-20(17(15)22)14-7-2-1-3-8-14;/h1-3,7-8,12-13,15H,4-6,9-11,18H2,(H,19,21);1H. The van der Waals surface area contributed by atoms with Gasteiger partial charge in [-0.3, -0.25) is 9.59 Å². The third-order valence-corrected chi connectivity index (χ3v) is 4.68. The molecule has 3 atom stereocenters. The van der Waals surface area contributed by atoms with E-state index in [1.54, 1.807) is 4.90 Å². The first-order valence-corrected chi connectivity index (χ1v) is 8.07. The molecule has 126 valence electrons. The maximum atomic E-state index is 12.5. The summed E-state index contributed by atoms with van der Waals surface area (Å²) in [6, 6.07) is 9.31. The number of anilines is 1. The van der Waals surface area contributed by atoms with Crippen molar-refractivity contribution in [3.63, 3.8) is 0 Å². The lowest BCUT2D eigenvalue weighted by Crippen LogP contribution is -2.45. The van der Waals surface area contributed by atoms with E-state index in [9.17, 15) is 9.59 Å². The third-order valence-electron chi connectivity index (χ3n) is 4.68. The van der Waals surface area contributed by atoms with E-state index in [1.165, 1.54) is 0 Å². The molecule has 1 aromatic rings. The molecule has 3 unspecified atom stereocenters. The van der Waals surface area contributed by atoms with E-state index in [4.69, 9.17) is 5.73 Å². The zero-order chi connectivity index (χ0) is 15.5. The van der Waals surface area contributed by atoms with E-state index in [2.05, 4.69) is 5.32 Å². The van der Waals surface area contributed by atoms with Gasteiger partial charge in [0, 0.05) is 24.2 Å². The number of amides is 2. The fraction of sp³-hybridized carbons (Fsp3) is 0.529. The molecular formula is C17H24ClN3O2. The highest BCUT2D eigenvalue weighted by Gasteiger charge is 2.35. The van der Waals surface area contributed by atoms with E-state index in [0.717, 1.165) is 31.4 Å². The van der Waals surface area contributed by atoms with Gasteiger partial charge in [-0.15, -0.1) is 12.4 Å². The van der Waals surface area contributed by atoms with Crippen LogP contribution in [-0.2, 0) is 9.59 Å². The molecule has 1 saturated heterocycles. The summed E-state index contributed by atoms with van der Waals surface area (Å²) in [6.45, 7) is 0.651. The third kappa shape index (κ3) is 4.03. The first-order chi connectivity index (χ1) is 10.6. The maximum Gasteiger partial charge on any atom is 0.249 e. The zero-order valence-electron chi connectivity index (χ0n) is 13.1. The number of rotatable bonds is 3. The maximum absolute atomic E-state index is 12.5. The Morgan fingerprint density at radius 3 is 2.61 bits per heavy atom. The highest BCUT2D eigenvalue weighted by atomic mass is 35.5. The first-order valence-electron chi connectivity index (χ1n) is 8.07. The van der Waals surface area contributed by atoms with Crippen molar-refractivity contribution in [1.29, 1.82) is 0 Å². The van der Waals surface area contributed by atoms with Gasteiger partial charge in [-0.2, -0.15) is 0 Å². The lowest BCUT2D eigenvalue weighted by molar-refractivity contribution is -0.130. The second-order valence-electron chi connectivity index (χ2n) is 6.30. The number of carbonyl (C=O) groups excluding carboxylic acids is 2. The molecule has 6 heteroatoms. The molecule has 23 heavy (non-hydrogen) atoms. The van der Waals surface area contributed by atoms with Crippen LogP contribution in [0.25, 0.3) is 0 Å². The summed E-state index contributed by atoms with van der Waals surface area (Å²) in [5.74, 6) is -0.0644. The van der Waals surface area contributed by atoms with Crippen LogP contribution in [0, 0.1) is 5.92 Å². The average molecular weight is 338 g/mol. The number of halogens is 1. The highest BCUT2D eigenvalue weighted by molar-refractivity contribution is 6.01. The molecule has 5 nitrogen and oxygen atoms in total. The smallest absolute Gasteiger partial charge is 0.249 e. The van der Waals surface area contributed by atoms with Gasteiger partial charge < -0.3 is 16.0 Å². The minimum absolute atomic E-state index is 0. The molecule has 2 aliphatic rings. The Morgan fingerprint density at radius 1 is 1.17 bits per heavy atom. The quantitative estimate of drug-likeness (QED) is 0.883. The van der Waals surface area contributed by atoms with Gasteiger partial charge in [-0.1, -0.05) is 24.6 Å². The number of nitrogens with one attached hydrogen (secondary N) is 1. The van der Waals surface area contributed by atoms with Gasteiger partial charge in [-0.25, -0.2) is 0 Å². The summed E-state index contributed by atoms with van der Waals surface area (Å²) in [6.07, 6.45) is 4.26. The van der Waals surface area contributed by atoms with Gasteiger partial charge in [0.2, 0.25) is 11.8 Å². The van der Waals surface area contributed by atoms with Crippen molar-refractivity contribution in [3.05, 3.63) is 30.3 Å². The number of para-hydroxylation sites is 1. The summed E-state index contributed by atoms with van der Waals surface area (Å²) < 4.78 is 0. The van der Waals surface area contributed by atoms with Crippen LogP contribution in [0.5, 0.6) is 0 Å². The van der Waals surface area contributed by atoms with Crippen LogP contribution in [0.1, 0.15) is 32.1 Å². The molecule has 3 N–H and O–H groups in total. The molecule has 0 radical (unpaired) electrons. The van der Waals surface area contributed by atoms with Crippen LogP contribution in [-0.4, -0.2) is 30.4 Å². The predicted octanol–water partition coefficient (Wildman–Crippen LogP) is 1.85. The van der Waals surface area contributed by atoms with E-state index >= 15 is 0 Å². The van der Waals surface area contributed by atoms with Crippen molar-refractivity contribution in [2.24, 2.45) is 11.7 Å². The Morgan fingerprint density at radius 2 is 1.91 bits per heavy atom. The summed E-state index contributed by atoms with van der Waals surface area (Å²) >= 11 is 0. The van der Waals surface area contributed by atoms with Crippen molar-refractivity contribution in [3.8, 4) is 0 Å². The van der Waals surface area contributed by atoms with Gasteiger partial charge >= 0.3 is 0 Å². The number of hydrogen-bond donors (Lipinski definition) is 2. The lowest BCUT2D eigenvalue weighted by atomic mass is 9.85. The Hall–Kier alpha value is -1.59. The predicted molar refractivity (Wildman–Crippen MR) is 92.5 cm³/mol. The van der Waals surface area contributed by atoms with Crippen molar-refractivity contribution in [2.75, 3.05) is 11.4 Å². The van der Waals surface area contributed by atoms with Gasteiger partial charge in [0.1, 0.15) is 6.04 Å². The van der Waals surface area contributed by atoms with Crippen molar-refractivity contribution in [2.45, 2.75) is 44.2 Å². The van der Waals surface area contributed by atoms with Crippen molar-refractivity contribution in [1.82, 2.24) is 5.32 Å². The molecule has 1 aliphatic carbocycles. The highest BCUT2D eigenvalue weighted by Crippen LogP contribution is 2.25. The van der Waals surface area contributed by atoms with E-state index < -0.39 is 6.04 Å². The van der Waals surface area contributed by atoms with E-state index in [1.807, 2.05) is 30.3 Å². The molecule has 1 aromatic carbocycles.